The van der Waals surface area contributed by atoms with Crippen LogP contribution in [0.25, 0.3) is 6.08 Å². The Labute approximate surface area is 142 Å². The van der Waals surface area contributed by atoms with Crippen LogP contribution in [0.2, 0.25) is 15.1 Å². The Morgan fingerprint density at radius 1 is 1.09 bits per heavy atom. The molecule has 0 atom stereocenters. The van der Waals surface area contributed by atoms with E-state index in [1.54, 1.807) is 6.07 Å². The molecule has 0 aliphatic heterocycles. The first-order valence-electron chi connectivity index (χ1n) is 6.14. The first-order valence-corrected chi connectivity index (χ1v) is 7.27. The highest BCUT2D eigenvalue weighted by atomic mass is 35.5. The molecule has 0 fully saturated rings. The zero-order valence-corrected chi connectivity index (χ0v) is 13.4. The monoisotopic (exact) mass is 357 g/mol. The lowest BCUT2D eigenvalue weighted by Gasteiger charge is -2.11. The van der Waals surface area contributed by atoms with E-state index in [2.05, 4.69) is 0 Å². The predicted molar refractivity (Wildman–Crippen MR) is 88.3 cm³/mol. The number of halogens is 3. The van der Waals surface area contributed by atoms with E-state index in [0.717, 1.165) is 11.8 Å². The fourth-order valence-corrected chi connectivity index (χ4v) is 2.53. The summed E-state index contributed by atoms with van der Waals surface area (Å²) in [5, 5.41) is 11.4. The van der Waals surface area contributed by atoms with Crippen LogP contribution in [-0.4, -0.2) is 4.92 Å². The van der Waals surface area contributed by atoms with Crippen LogP contribution in [0.15, 0.2) is 42.6 Å². The van der Waals surface area contributed by atoms with Crippen molar-refractivity contribution in [1.82, 2.24) is 0 Å². The Balaban J connectivity index is 2.18. The molecular weight excluding hydrogens is 349 g/mol. The van der Waals surface area contributed by atoms with Crippen molar-refractivity contribution in [2.75, 3.05) is 0 Å². The maximum atomic E-state index is 10.3. The van der Waals surface area contributed by atoms with E-state index in [0.29, 0.717) is 16.3 Å². The van der Waals surface area contributed by atoms with Crippen molar-refractivity contribution < 1.29 is 9.66 Å². The third-order valence-corrected chi connectivity index (χ3v) is 3.67. The van der Waals surface area contributed by atoms with Gasteiger partial charge < -0.3 is 4.74 Å². The van der Waals surface area contributed by atoms with Gasteiger partial charge in [-0.2, -0.15) is 0 Å². The summed E-state index contributed by atoms with van der Waals surface area (Å²) in [7, 11) is 0. The van der Waals surface area contributed by atoms with Gasteiger partial charge in [-0.3, -0.25) is 10.1 Å². The molecule has 7 heteroatoms. The van der Waals surface area contributed by atoms with Gasteiger partial charge in [0, 0.05) is 16.7 Å². The Bertz CT molecular complexity index is 709. The molecule has 2 aromatic rings. The van der Waals surface area contributed by atoms with Crippen molar-refractivity contribution in [3.63, 3.8) is 0 Å². The first-order chi connectivity index (χ1) is 10.5. The van der Waals surface area contributed by atoms with Gasteiger partial charge >= 0.3 is 0 Å². The number of hydrogen-bond donors (Lipinski definition) is 0. The maximum absolute atomic E-state index is 10.3. The molecule has 4 nitrogen and oxygen atoms in total. The van der Waals surface area contributed by atoms with Gasteiger partial charge in [-0.05, 0) is 23.8 Å². The molecule has 0 unspecified atom stereocenters. The number of hydrogen-bond acceptors (Lipinski definition) is 3. The molecule has 0 heterocycles. The van der Waals surface area contributed by atoms with Crippen molar-refractivity contribution in [3.8, 4) is 5.75 Å². The summed E-state index contributed by atoms with van der Waals surface area (Å²) in [5.41, 5.74) is 1.31. The molecule has 0 N–H and O–H groups in total. The fourth-order valence-electron chi connectivity index (χ4n) is 1.73. The van der Waals surface area contributed by atoms with E-state index in [1.807, 2.05) is 18.2 Å². The minimum atomic E-state index is -0.566. The van der Waals surface area contributed by atoms with E-state index in [9.17, 15) is 10.1 Å². The highest BCUT2D eigenvalue weighted by molar-refractivity contribution is 6.37. The second kappa shape index (κ2) is 7.49. The number of benzene rings is 2. The van der Waals surface area contributed by atoms with Crippen LogP contribution in [-0.2, 0) is 6.61 Å². The third-order valence-electron chi connectivity index (χ3n) is 2.74. The van der Waals surface area contributed by atoms with Crippen molar-refractivity contribution in [1.29, 1.82) is 0 Å². The molecule has 0 aliphatic rings. The zero-order chi connectivity index (χ0) is 16.1. The molecule has 0 aliphatic carbocycles. The van der Waals surface area contributed by atoms with Gasteiger partial charge in [0.2, 0.25) is 6.20 Å². The molecule has 0 aromatic heterocycles. The molecule has 0 amide bonds. The second-order valence-corrected chi connectivity index (χ2v) is 5.52. The average Bonchev–Trinajstić information content (AvgIpc) is 2.46. The Morgan fingerprint density at radius 2 is 1.73 bits per heavy atom. The van der Waals surface area contributed by atoms with Crippen LogP contribution < -0.4 is 4.74 Å². The molecule has 0 radical (unpaired) electrons. The summed E-state index contributed by atoms with van der Waals surface area (Å²) in [6.07, 6.45) is 2.11. The van der Waals surface area contributed by atoms with Crippen molar-refractivity contribution >= 4 is 40.9 Å². The van der Waals surface area contributed by atoms with Gasteiger partial charge in [-0.1, -0.05) is 53.0 Å². The van der Waals surface area contributed by atoms with Crippen molar-refractivity contribution in [2.45, 2.75) is 6.61 Å². The molecule has 0 bridgehead atoms. The minimum absolute atomic E-state index is 0.212. The molecule has 114 valence electrons. The zero-order valence-electron chi connectivity index (χ0n) is 11.1. The van der Waals surface area contributed by atoms with Crippen LogP contribution in [0.4, 0.5) is 0 Å². The fraction of sp³-hybridized carbons (Fsp3) is 0.0667. The number of nitro groups is 1. The Morgan fingerprint density at radius 3 is 2.32 bits per heavy atom. The highest BCUT2D eigenvalue weighted by Crippen LogP contribution is 2.35. The van der Waals surface area contributed by atoms with Crippen LogP contribution in [0, 0.1) is 10.1 Å². The first kappa shape index (κ1) is 16.6. The van der Waals surface area contributed by atoms with Crippen molar-refractivity contribution in [2.24, 2.45) is 0 Å². The van der Waals surface area contributed by atoms with Gasteiger partial charge in [0.1, 0.15) is 6.61 Å². The van der Waals surface area contributed by atoms with Crippen LogP contribution >= 0.6 is 34.8 Å². The smallest absolute Gasteiger partial charge is 0.235 e. The lowest BCUT2D eigenvalue weighted by Crippen LogP contribution is -1.97. The highest BCUT2D eigenvalue weighted by Gasteiger charge is 2.10. The van der Waals surface area contributed by atoms with Crippen LogP contribution in [0.1, 0.15) is 11.1 Å². The van der Waals surface area contributed by atoms with Crippen LogP contribution in [0.3, 0.4) is 0 Å². The molecule has 0 saturated carbocycles. The van der Waals surface area contributed by atoms with E-state index in [-0.39, 0.29) is 16.7 Å². The largest absolute Gasteiger partial charge is 0.486 e. The molecule has 0 spiro atoms. The quantitative estimate of drug-likeness (QED) is 0.526. The summed E-state index contributed by atoms with van der Waals surface area (Å²) in [6.45, 7) is 0.212. The summed E-state index contributed by atoms with van der Waals surface area (Å²) in [4.78, 5) is 9.75. The van der Waals surface area contributed by atoms with Gasteiger partial charge in [0.25, 0.3) is 0 Å². The van der Waals surface area contributed by atoms with E-state index in [4.69, 9.17) is 39.5 Å². The number of ether oxygens (including phenoxy) is 1. The minimum Gasteiger partial charge on any atom is -0.486 e. The van der Waals surface area contributed by atoms with Gasteiger partial charge in [-0.15, -0.1) is 0 Å². The standard InChI is InChI=1S/C15H10Cl3NO3/c16-12-4-2-1-3-11(12)9-22-15-13(17)7-10(8-14(15)18)5-6-19(20)21/h1-8H,9H2/b6-5+. The lowest BCUT2D eigenvalue weighted by molar-refractivity contribution is -0.400. The summed E-state index contributed by atoms with van der Waals surface area (Å²) >= 11 is 18.3. The van der Waals surface area contributed by atoms with Crippen LogP contribution in [0.5, 0.6) is 5.75 Å². The molecule has 2 aromatic carbocycles. The molecular formula is C15H10Cl3NO3. The summed E-state index contributed by atoms with van der Waals surface area (Å²) in [6, 6.07) is 10.3. The Kier molecular flexibility index (Phi) is 5.66. The van der Waals surface area contributed by atoms with E-state index in [1.165, 1.54) is 18.2 Å². The SMILES string of the molecule is O=[N+]([O-])/C=C/c1cc(Cl)c(OCc2ccccc2Cl)c(Cl)c1. The average molecular weight is 359 g/mol. The Hall–Kier alpha value is -1.75. The van der Waals surface area contributed by atoms with Crippen molar-refractivity contribution in [3.05, 3.63) is 78.9 Å². The molecule has 22 heavy (non-hydrogen) atoms. The molecule has 0 saturated heterocycles. The summed E-state index contributed by atoms with van der Waals surface area (Å²) in [5.74, 6) is 0.307. The second-order valence-electron chi connectivity index (χ2n) is 4.29. The third kappa shape index (κ3) is 4.37. The maximum Gasteiger partial charge on any atom is 0.235 e. The number of rotatable bonds is 5. The van der Waals surface area contributed by atoms with Gasteiger partial charge in [0.15, 0.2) is 5.75 Å². The topological polar surface area (TPSA) is 52.4 Å². The van der Waals surface area contributed by atoms with Gasteiger partial charge in [0.05, 0.1) is 15.0 Å². The normalized spacial score (nSPS) is 10.9. The number of nitrogens with zero attached hydrogens (tertiary/aromatic N) is 1. The lowest BCUT2D eigenvalue weighted by atomic mass is 10.2. The van der Waals surface area contributed by atoms with E-state index >= 15 is 0 Å². The predicted octanol–water partition coefficient (Wildman–Crippen LogP) is 5.47. The van der Waals surface area contributed by atoms with Gasteiger partial charge in [-0.25, -0.2) is 0 Å². The summed E-state index contributed by atoms with van der Waals surface area (Å²) < 4.78 is 5.61. The van der Waals surface area contributed by atoms with E-state index < -0.39 is 4.92 Å². The molecule has 2 rings (SSSR count).